The van der Waals surface area contributed by atoms with Crippen LogP contribution in [-0.2, 0) is 0 Å². The van der Waals surface area contributed by atoms with E-state index in [9.17, 15) is 0 Å². The van der Waals surface area contributed by atoms with Crippen LogP contribution >= 0.6 is 0 Å². The van der Waals surface area contributed by atoms with Gasteiger partial charge in [-0.25, -0.2) is 0 Å². The van der Waals surface area contributed by atoms with Crippen molar-refractivity contribution < 1.29 is 0 Å². The van der Waals surface area contributed by atoms with E-state index in [1.54, 1.807) is 0 Å². The van der Waals surface area contributed by atoms with Crippen molar-refractivity contribution in [3.8, 4) is 0 Å². The van der Waals surface area contributed by atoms with Crippen molar-refractivity contribution in [2.24, 2.45) is 5.92 Å². The molecule has 1 heteroatoms. The van der Waals surface area contributed by atoms with Gasteiger partial charge in [-0.3, -0.25) is 5.32 Å². The quantitative estimate of drug-likeness (QED) is 0.522. The van der Waals surface area contributed by atoms with Gasteiger partial charge in [-0.1, -0.05) is 12.8 Å². The molecule has 0 unspecified atom stereocenters. The molecule has 0 spiro atoms. The molecule has 1 heterocycles. The molecule has 1 aliphatic carbocycles. The van der Waals surface area contributed by atoms with E-state index in [4.69, 9.17) is 0 Å². The first-order chi connectivity index (χ1) is 4.97. The van der Waals surface area contributed by atoms with Gasteiger partial charge >= 0.3 is 0 Å². The number of rotatable bonds is 1. The zero-order valence-electron chi connectivity index (χ0n) is 6.09. The second kappa shape index (κ2) is 2.49. The number of allylic oxidation sites excluding steroid dienone is 3. The van der Waals surface area contributed by atoms with Gasteiger partial charge < -0.3 is 0 Å². The van der Waals surface area contributed by atoms with Gasteiger partial charge in [-0.15, -0.1) is 0 Å². The van der Waals surface area contributed by atoms with Crippen LogP contribution in [0.15, 0.2) is 24.0 Å². The first-order valence-corrected chi connectivity index (χ1v) is 4.04. The highest BCUT2D eigenvalue weighted by Crippen LogP contribution is 2.31. The molecule has 1 fully saturated rings. The number of hydrogen-bond donors (Lipinski definition) is 0. The summed E-state index contributed by atoms with van der Waals surface area (Å²) in [6.45, 7) is 0. The van der Waals surface area contributed by atoms with Crippen molar-refractivity contribution in [3.63, 3.8) is 0 Å². The van der Waals surface area contributed by atoms with Crippen molar-refractivity contribution in [2.75, 3.05) is 0 Å². The fraction of sp³-hybridized carbons (Fsp3) is 0.556. The topological polar surface area (TPSA) is 14.1 Å². The lowest BCUT2D eigenvalue weighted by molar-refractivity contribution is 0.611. The van der Waals surface area contributed by atoms with Gasteiger partial charge in [0.05, 0.1) is 0 Å². The third-order valence-corrected chi connectivity index (χ3v) is 2.35. The molecule has 0 amide bonds. The molecule has 2 aliphatic rings. The lowest BCUT2D eigenvalue weighted by Crippen LogP contribution is -2.03. The van der Waals surface area contributed by atoms with E-state index in [1.807, 2.05) is 12.3 Å². The van der Waals surface area contributed by atoms with Crippen LogP contribution in [0, 0.1) is 5.92 Å². The molecular weight excluding hydrogens is 122 g/mol. The molecule has 0 bridgehead atoms. The maximum Gasteiger partial charge on any atom is 0.0435 e. The third kappa shape index (κ3) is 0.962. The van der Waals surface area contributed by atoms with Crippen molar-refractivity contribution in [2.45, 2.75) is 25.7 Å². The van der Waals surface area contributed by atoms with Crippen LogP contribution in [0.4, 0.5) is 0 Å². The fourth-order valence-corrected chi connectivity index (χ4v) is 1.78. The molecule has 1 radical (unpaired) electrons. The van der Waals surface area contributed by atoms with Crippen LogP contribution in [0.25, 0.3) is 0 Å². The van der Waals surface area contributed by atoms with E-state index in [1.165, 1.54) is 31.4 Å². The number of hydrogen-bond acceptors (Lipinski definition) is 0. The Kier molecular flexibility index (Phi) is 1.50. The number of nitrogens with zero attached hydrogens (tertiary/aromatic N) is 1. The van der Waals surface area contributed by atoms with Crippen LogP contribution < -0.4 is 5.32 Å². The molecule has 1 aliphatic heterocycles. The summed E-state index contributed by atoms with van der Waals surface area (Å²) in [6, 6.07) is 0. The Labute approximate surface area is 61.8 Å². The molecule has 10 heavy (non-hydrogen) atoms. The summed E-state index contributed by atoms with van der Waals surface area (Å²) in [4.78, 5) is 0. The van der Waals surface area contributed by atoms with Crippen LogP contribution in [0.1, 0.15) is 25.7 Å². The Morgan fingerprint density at radius 1 is 1.30 bits per heavy atom. The van der Waals surface area contributed by atoms with Crippen LogP contribution in [0.5, 0.6) is 0 Å². The average Bonchev–Trinajstić information content (AvgIpc) is 2.59. The summed E-state index contributed by atoms with van der Waals surface area (Å²) in [6.07, 6.45) is 11.6. The van der Waals surface area contributed by atoms with Gasteiger partial charge in [0, 0.05) is 17.8 Å². The third-order valence-electron chi connectivity index (χ3n) is 2.35. The minimum Gasteiger partial charge on any atom is -0.261 e. The standard InChI is InChI=1S/C9H12N/c1-2-5-8(4-1)9-6-3-7-10-9/h3,6-8H,1-2,4-5H2. The Balaban J connectivity index is 1.99. The lowest BCUT2D eigenvalue weighted by Gasteiger charge is -2.07. The maximum absolute atomic E-state index is 4.30. The van der Waals surface area contributed by atoms with E-state index in [0.717, 1.165) is 5.92 Å². The summed E-state index contributed by atoms with van der Waals surface area (Å²) in [5.74, 6) is 0.787. The molecule has 1 saturated carbocycles. The van der Waals surface area contributed by atoms with Gasteiger partial charge in [0.2, 0.25) is 0 Å². The second-order valence-corrected chi connectivity index (χ2v) is 3.04. The smallest absolute Gasteiger partial charge is 0.0435 e. The normalized spacial score (nSPS) is 25.0. The minimum absolute atomic E-state index is 0.787. The molecule has 0 atom stereocenters. The Hall–Kier alpha value is -0.720. The molecule has 53 valence electrons. The van der Waals surface area contributed by atoms with Crippen molar-refractivity contribution in [3.05, 3.63) is 24.0 Å². The van der Waals surface area contributed by atoms with E-state index in [-0.39, 0.29) is 0 Å². The summed E-state index contributed by atoms with van der Waals surface area (Å²) in [5, 5.41) is 4.30. The highest BCUT2D eigenvalue weighted by molar-refractivity contribution is 5.22. The van der Waals surface area contributed by atoms with Crippen molar-refractivity contribution in [1.82, 2.24) is 5.32 Å². The van der Waals surface area contributed by atoms with Crippen molar-refractivity contribution in [1.29, 1.82) is 0 Å². The first-order valence-electron chi connectivity index (χ1n) is 4.04. The summed E-state index contributed by atoms with van der Waals surface area (Å²) >= 11 is 0. The zero-order chi connectivity index (χ0) is 6.81. The summed E-state index contributed by atoms with van der Waals surface area (Å²) in [7, 11) is 0. The minimum atomic E-state index is 0.787. The predicted molar refractivity (Wildman–Crippen MR) is 41.3 cm³/mol. The molecule has 0 saturated heterocycles. The van der Waals surface area contributed by atoms with E-state index < -0.39 is 0 Å². The molecular formula is C9H12N. The maximum atomic E-state index is 4.30. The highest BCUT2D eigenvalue weighted by Gasteiger charge is 2.20. The Bertz CT molecular complexity index is 173. The highest BCUT2D eigenvalue weighted by atomic mass is 14.9. The van der Waals surface area contributed by atoms with Gasteiger partial charge in [-0.2, -0.15) is 0 Å². The Morgan fingerprint density at radius 3 is 2.70 bits per heavy atom. The average molecular weight is 134 g/mol. The first kappa shape index (κ1) is 6.02. The van der Waals surface area contributed by atoms with Gasteiger partial charge in [0.25, 0.3) is 0 Å². The predicted octanol–water partition coefficient (Wildman–Crippen LogP) is 2.19. The van der Waals surface area contributed by atoms with E-state index in [0.29, 0.717) is 0 Å². The van der Waals surface area contributed by atoms with Crippen LogP contribution in [-0.4, -0.2) is 0 Å². The fourth-order valence-electron chi connectivity index (χ4n) is 1.78. The summed E-state index contributed by atoms with van der Waals surface area (Å²) in [5.41, 5.74) is 1.32. The van der Waals surface area contributed by atoms with Gasteiger partial charge in [0.15, 0.2) is 0 Å². The SMILES string of the molecule is C1=C[N]C(C2CCCC2)=C1. The molecule has 0 N–H and O–H groups in total. The van der Waals surface area contributed by atoms with Crippen LogP contribution in [0.2, 0.25) is 0 Å². The molecule has 2 rings (SSSR count). The zero-order valence-corrected chi connectivity index (χ0v) is 6.09. The summed E-state index contributed by atoms with van der Waals surface area (Å²) < 4.78 is 0. The monoisotopic (exact) mass is 134 g/mol. The Morgan fingerprint density at radius 2 is 2.10 bits per heavy atom. The second-order valence-electron chi connectivity index (χ2n) is 3.04. The molecule has 0 aromatic carbocycles. The molecule has 1 nitrogen and oxygen atoms in total. The van der Waals surface area contributed by atoms with E-state index in [2.05, 4.69) is 11.4 Å². The van der Waals surface area contributed by atoms with Crippen LogP contribution in [0.3, 0.4) is 0 Å². The van der Waals surface area contributed by atoms with Gasteiger partial charge in [-0.05, 0) is 25.0 Å². The van der Waals surface area contributed by atoms with E-state index >= 15 is 0 Å². The van der Waals surface area contributed by atoms with Crippen molar-refractivity contribution >= 4 is 0 Å². The molecule has 0 aromatic heterocycles. The lowest BCUT2D eigenvalue weighted by atomic mass is 10.0. The van der Waals surface area contributed by atoms with Gasteiger partial charge in [0.1, 0.15) is 0 Å². The largest absolute Gasteiger partial charge is 0.261 e. The molecule has 0 aromatic rings.